The quantitative estimate of drug-likeness (QED) is 0.708. The summed E-state index contributed by atoms with van der Waals surface area (Å²) in [6.07, 6.45) is 0. The molecular formula is C10H15N3O4. The number of methoxy groups -OCH3 is 2. The largest absolute Gasteiger partial charge is 0.468 e. The topological polar surface area (TPSA) is 96.4 Å². The molecule has 2 N–H and O–H groups in total. The number of ether oxygens (including phenoxy) is 2. The molecule has 0 saturated carbocycles. The average Bonchev–Trinajstić information content (AvgIpc) is 2.71. The molecule has 1 aromatic rings. The Morgan fingerprint density at radius 1 is 1.47 bits per heavy atom. The van der Waals surface area contributed by atoms with Gasteiger partial charge in [-0.3, -0.25) is 9.48 Å². The summed E-state index contributed by atoms with van der Waals surface area (Å²) in [5, 5.41) is 3.95. The second kappa shape index (κ2) is 5.44. The number of aromatic nitrogens is 2. The molecule has 0 bridgehead atoms. The van der Waals surface area contributed by atoms with Crippen LogP contribution in [0.4, 0.5) is 0 Å². The van der Waals surface area contributed by atoms with Gasteiger partial charge in [-0.2, -0.15) is 5.10 Å². The maximum absolute atomic E-state index is 11.5. The van der Waals surface area contributed by atoms with Crippen molar-refractivity contribution < 1.29 is 19.1 Å². The highest BCUT2D eigenvalue weighted by atomic mass is 16.5. The third-order valence-corrected chi connectivity index (χ3v) is 2.39. The van der Waals surface area contributed by atoms with Crippen LogP contribution in [-0.2, 0) is 21.3 Å². The number of aryl methyl sites for hydroxylation is 1. The van der Waals surface area contributed by atoms with Gasteiger partial charge in [0, 0.05) is 13.6 Å². The zero-order valence-corrected chi connectivity index (χ0v) is 9.97. The number of nitrogens with two attached hydrogens (primary N) is 1. The van der Waals surface area contributed by atoms with E-state index >= 15 is 0 Å². The van der Waals surface area contributed by atoms with Crippen LogP contribution in [0.25, 0.3) is 0 Å². The first-order chi connectivity index (χ1) is 8.04. The Bertz CT molecular complexity index is 427. The van der Waals surface area contributed by atoms with Gasteiger partial charge in [-0.25, -0.2) is 4.79 Å². The summed E-state index contributed by atoms with van der Waals surface area (Å²) in [6, 6.07) is 1.47. The van der Waals surface area contributed by atoms with E-state index in [9.17, 15) is 9.59 Å². The van der Waals surface area contributed by atoms with Gasteiger partial charge in [0.25, 0.3) is 0 Å². The highest BCUT2D eigenvalue weighted by Crippen LogP contribution is 2.17. The van der Waals surface area contributed by atoms with Crippen molar-refractivity contribution in [1.82, 2.24) is 9.78 Å². The van der Waals surface area contributed by atoms with Crippen molar-refractivity contribution in [2.45, 2.75) is 5.92 Å². The lowest BCUT2D eigenvalue weighted by Gasteiger charge is -2.11. The van der Waals surface area contributed by atoms with Crippen LogP contribution in [0, 0.1) is 0 Å². The monoisotopic (exact) mass is 241 g/mol. The smallest absolute Gasteiger partial charge is 0.358 e. The molecule has 0 amide bonds. The lowest BCUT2D eigenvalue weighted by Crippen LogP contribution is -2.24. The predicted molar refractivity (Wildman–Crippen MR) is 58.4 cm³/mol. The minimum atomic E-state index is -0.643. The highest BCUT2D eigenvalue weighted by Gasteiger charge is 2.25. The lowest BCUT2D eigenvalue weighted by molar-refractivity contribution is -0.142. The molecule has 1 unspecified atom stereocenters. The standard InChI is InChI=1S/C10H15N3O4/c1-13-8(6(5-11)9(14)16-2)4-7(12-13)10(15)17-3/h4,6H,5,11H2,1-3H3. The van der Waals surface area contributed by atoms with Gasteiger partial charge in [-0.15, -0.1) is 0 Å². The lowest BCUT2D eigenvalue weighted by atomic mass is 10.1. The van der Waals surface area contributed by atoms with Crippen molar-refractivity contribution >= 4 is 11.9 Å². The van der Waals surface area contributed by atoms with Gasteiger partial charge in [0.15, 0.2) is 5.69 Å². The Kier molecular flexibility index (Phi) is 4.22. The summed E-state index contributed by atoms with van der Waals surface area (Å²) in [5.74, 6) is -1.67. The minimum absolute atomic E-state index is 0.0762. The number of rotatable bonds is 4. The van der Waals surface area contributed by atoms with Gasteiger partial charge < -0.3 is 15.2 Å². The fourth-order valence-corrected chi connectivity index (χ4v) is 1.49. The third kappa shape index (κ3) is 2.62. The zero-order valence-electron chi connectivity index (χ0n) is 9.97. The van der Waals surface area contributed by atoms with Crippen molar-refractivity contribution in [3.05, 3.63) is 17.5 Å². The normalized spacial score (nSPS) is 12.0. The molecule has 1 rings (SSSR count). The predicted octanol–water partition coefficient (Wildman–Crippen LogP) is -0.578. The van der Waals surface area contributed by atoms with Gasteiger partial charge in [-0.1, -0.05) is 0 Å². The number of nitrogens with zero attached hydrogens (tertiary/aromatic N) is 2. The SMILES string of the molecule is COC(=O)c1cc(C(CN)C(=O)OC)n(C)n1. The van der Waals surface area contributed by atoms with Gasteiger partial charge in [0.2, 0.25) is 0 Å². The van der Waals surface area contributed by atoms with Crippen LogP contribution in [0.2, 0.25) is 0 Å². The van der Waals surface area contributed by atoms with E-state index in [1.807, 2.05) is 0 Å². The van der Waals surface area contributed by atoms with E-state index in [0.29, 0.717) is 5.69 Å². The van der Waals surface area contributed by atoms with Crippen molar-refractivity contribution in [3.63, 3.8) is 0 Å². The maximum atomic E-state index is 11.5. The first-order valence-electron chi connectivity index (χ1n) is 4.95. The van der Waals surface area contributed by atoms with Gasteiger partial charge in [-0.05, 0) is 6.07 Å². The number of esters is 2. The molecule has 0 fully saturated rings. The van der Waals surface area contributed by atoms with Crippen molar-refractivity contribution in [2.75, 3.05) is 20.8 Å². The molecule has 7 heteroatoms. The average molecular weight is 241 g/mol. The number of carbonyl (C=O) groups excluding carboxylic acids is 2. The summed E-state index contributed by atoms with van der Waals surface area (Å²) >= 11 is 0. The van der Waals surface area contributed by atoms with Crippen LogP contribution in [0.15, 0.2) is 6.07 Å². The number of carbonyl (C=O) groups is 2. The van der Waals surface area contributed by atoms with Crippen LogP contribution in [0.3, 0.4) is 0 Å². The molecule has 0 radical (unpaired) electrons. The van der Waals surface area contributed by atoms with Crippen molar-refractivity contribution in [1.29, 1.82) is 0 Å². The fraction of sp³-hybridized carbons (Fsp3) is 0.500. The molecule has 0 aliphatic heterocycles. The molecule has 1 atom stereocenters. The molecule has 0 aromatic carbocycles. The summed E-state index contributed by atoms with van der Waals surface area (Å²) in [5.41, 5.74) is 6.16. The molecule has 94 valence electrons. The molecule has 0 aliphatic rings. The molecule has 1 heterocycles. The molecular weight excluding hydrogens is 226 g/mol. The van der Waals surface area contributed by atoms with E-state index < -0.39 is 17.9 Å². The third-order valence-electron chi connectivity index (χ3n) is 2.39. The summed E-state index contributed by atoms with van der Waals surface area (Å²) in [6.45, 7) is 0.0762. The molecule has 1 aromatic heterocycles. The van der Waals surface area contributed by atoms with Gasteiger partial charge in [0.05, 0.1) is 19.9 Å². The van der Waals surface area contributed by atoms with E-state index in [2.05, 4.69) is 14.6 Å². The summed E-state index contributed by atoms with van der Waals surface area (Å²) in [4.78, 5) is 22.8. The van der Waals surface area contributed by atoms with Gasteiger partial charge >= 0.3 is 11.9 Å². The number of hydrogen-bond donors (Lipinski definition) is 1. The van der Waals surface area contributed by atoms with E-state index in [1.54, 1.807) is 7.05 Å². The molecule has 0 saturated heterocycles. The maximum Gasteiger partial charge on any atom is 0.358 e. The zero-order chi connectivity index (χ0) is 13.0. The van der Waals surface area contributed by atoms with Crippen LogP contribution < -0.4 is 5.73 Å². The van der Waals surface area contributed by atoms with Crippen molar-refractivity contribution in [2.24, 2.45) is 12.8 Å². The Labute approximate surface area is 98.5 Å². The molecule has 0 aliphatic carbocycles. The fourth-order valence-electron chi connectivity index (χ4n) is 1.49. The highest BCUT2D eigenvalue weighted by molar-refractivity contribution is 5.88. The Balaban J connectivity index is 3.08. The molecule has 7 nitrogen and oxygen atoms in total. The Morgan fingerprint density at radius 3 is 2.59 bits per heavy atom. The van der Waals surface area contributed by atoms with Gasteiger partial charge in [0.1, 0.15) is 5.92 Å². The number of hydrogen-bond acceptors (Lipinski definition) is 6. The Morgan fingerprint density at radius 2 is 2.12 bits per heavy atom. The van der Waals surface area contributed by atoms with Crippen LogP contribution in [-0.4, -0.2) is 42.5 Å². The first kappa shape index (κ1) is 13.2. The van der Waals surface area contributed by atoms with E-state index in [0.717, 1.165) is 0 Å². The molecule has 0 spiro atoms. The summed E-state index contributed by atoms with van der Waals surface area (Å²) < 4.78 is 10.6. The van der Waals surface area contributed by atoms with Crippen LogP contribution >= 0.6 is 0 Å². The van der Waals surface area contributed by atoms with Crippen molar-refractivity contribution in [3.8, 4) is 0 Å². The first-order valence-corrected chi connectivity index (χ1v) is 4.95. The van der Waals surface area contributed by atoms with E-state index in [4.69, 9.17) is 5.73 Å². The van der Waals surface area contributed by atoms with E-state index in [1.165, 1.54) is 25.0 Å². The van der Waals surface area contributed by atoms with E-state index in [-0.39, 0.29) is 12.2 Å². The van der Waals surface area contributed by atoms with Crippen LogP contribution in [0.5, 0.6) is 0 Å². The Hall–Kier alpha value is -1.89. The molecule has 17 heavy (non-hydrogen) atoms. The minimum Gasteiger partial charge on any atom is -0.468 e. The second-order valence-electron chi connectivity index (χ2n) is 3.38. The summed E-state index contributed by atoms with van der Waals surface area (Å²) in [7, 11) is 4.16. The van der Waals surface area contributed by atoms with Crippen LogP contribution in [0.1, 0.15) is 22.1 Å². The second-order valence-corrected chi connectivity index (χ2v) is 3.38.